The van der Waals surface area contributed by atoms with Crippen LogP contribution in [0.2, 0.25) is 0 Å². The summed E-state index contributed by atoms with van der Waals surface area (Å²) in [6.45, 7) is 1.88. The molecule has 0 fully saturated rings. The molecule has 0 atom stereocenters. The van der Waals surface area contributed by atoms with Crippen LogP contribution in [0.15, 0.2) is 58.6 Å². The number of amides is 2. The Bertz CT molecular complexity index is 1330. The minimum absolute atomic E-state index is 0.256. The molecule has 0 saturated carbocycles. The molecule has 2 N–H and O–H groups in total. The third-order valence-corrected chi connectivity index (χ3v) is 8.74. The van der Waals surface area contributed by atoms with Gasteiger partial charge in [-0.1, -0.05) is 12.1 Å². The van der Waals surface area contributed by atoms with Crippen molar-refractivity contribution < 1.29 is 9.59 Å². The van der Waals surface area contributed by atoms with Crippen LogP contribution in [0.4, 0.5) is 0 Å². The predicted molar refractivity (Wildman–Crippen MR) is 128 cm³/mol. The summed E-state index contributed by atoms with van der Waals surface area (Å²) >= 11 is 6.18. The van der Waals surface area contributed by atoms with Gasteiger partial charge in [-0.2, -0.15) is 0 Å². The summed E-state index contributed by atoms with van der Waals surface area (Å²) in [6, 6.07) is 7.97. The normalized spacial score (nSPS) is 15.3. The Hall–Kier alpha value is -2.92. The van der Waals surface area contributed by atoms with Gasteiger partial charge < -0.3 is 10.6 Å². The molecule has 2 amide bonds. The van der Waals surface area contributed by atoms with Crippen LogP contribution in [0.1, 0.15) is 16.7 Å². The Balaban J connectivity index is 1.57. The van der Waals surface area contributed by atoms with E-state index in [1.54, 1.807) is 35.1 Å². The van der Waals surface area contributed by atoms with Gasteiger partial charge in [0.1, 0.15) is 10.0 Å². The zero-order valence-electron chi connectivity index (χ0n) is 16.0. The Morgan fingerprint density at radius 2 is 1.68 bits per heavy atom. The number of carbonyl (C=O) groups is 2. The average Bonchev–Trinajstić information content (AvgIpc) is 3.58. The quantitative estimate of drug-likeness (QED) is 0.297. The molecule has 5 heterocycles. The molecule has 0 aliphatic carbocycles. The molecule has 10 heteroatoms. The van der Waals surface area contributed by atoms with E-state index in [1.807, 2.05) is 41.9 Å². The summed E-state index contributed by atoms with van der Waals surface area (Å²) in [5.74, 6) is -0.256. The fourth-order valence-corrected chi connectivity index (χ4v) is 6.76. The van der Waals surface area contributed by atoms with Crippen molar-refractivity contribution in [2.24, 2.45) is 0 Å². The first-order valence-corrected chi connectivity index (χ1v) is 12.5. The number of hydrogen-bond acceptors (Lipinski definition) is 8. The Morgan fingerprint density at radius 3 is 2.32 bits per heavy atom. The fraction of sp³-hybridized carbons (Fsp3) is 0.0476. The number of carbonyl (C=O) groups excluding carboxylic acids is 2. The van der Waals surface area contributed by atoms with Crippen LogP contribution in [0.25, 0.3) is 31.2 Å². The van der Waals surface area contributed by atoms with Gasteiger partial charge in [0.25, 0.3) is 5.91 Å². The lowest BCUT2D eigenvalue weighted by atomic mass is 10.1. The first kappa shape index (κ1) is 20.0. The maximum atomic E-state index is 12.9. The number of rotatable bonds is 6. The summed E-state index contributed by atoms with van der Waals surface area (Å²) in [5, 5.41) is 11.4. The Kier molecular flexibility index (Phi) is 5.36. The van der Waals surface area contributed by atoms with Gasteiger partial charge in [-0.3, -0.25) is 9.59 Å². The Morgan fingerprint density at radius 1 is 1.00 bits per heavy atom. The van der Waals surface area contributed by atoms with Crippen molar-refractivity contribution in [2.45, 2.75) is 6.92 Å². The second-order valence-corrected chi connectivity index (χ2v) is 10.4. The van der Waals surface area contributed by atoms with E-state index in [9.17, 15) is 9.59 Å². The van der Waals surface area contributed by atoms with Crippen LogP contribution < -0.4 is 10.6 Å². The van der Waals surface area contributed by atoms with Crippen molar-refractivity contribution in [3.63, 3.8) is 0 Å². The molecule has 1 aliphatic heterocycles. The van der Waals surface area contributed by atoms with E-state index in [0.29, 0.717) is 23.4 Å². The van der Waals surface area contributed by atoms with Gasteiger partial charge in [0.15, 0.2) is 0 Å². The predicted octanol–water partition coefficient (Wildman–Crippen LogP) is 5.07. The van der Waals surface area contributed by atoms with Crippen molar-refractivity contribution in [3.05, 3.63) is 68.3 Å². The summed E-state index contributed by atoms with van der Waals surface area (Å²) in [4.78, 5) is 37.0. The lowest BCUT2D eigenvalue weighted by Gasteiger charge is -2.07. The van der Waals surface area contributed by atoms with Crippen LogP contribution in [0, 0.1) is 0 Å². The van der Waals surface area contributed by atoms with Gasteiger partial charge >= 0.3 is 0 Å². The number of nitrogens with one attached hydrogen (secondary N) is 2. The van der Waals surface area contributed by atoms with Crippen LogP contribution in [0.5, 0.6) is 0 Å². The van der Waals surface area contributed by atoms with E-state index < -0.39 is 0 Å². The van der Waals surface area contributed by atoms with Crippen LogP contribution in [-0.2, 0) is 9.59 Å². The molecular weight excluding hydrogens is 469 g/mol. The zero-order chi connectivity index (χ0) is 21.4. The lowest BCUT2D eigenvalue weighted by molar-refractivity contribution is -0.115. The minimum atomic E-state index is -0.256. The third-order valence-electron chi connectivity index (χ3n) is 4.64. The maximum Gasteiger partial charge on any atom is 0.258 e. The van der Waals surface area contributed by atoms with Crippen LogP contribution in [-0.4, -0.2) is 22.3 Å². The van der Waals surface area contributed by atoms with Gasteiger partial charge in [-0.05, 0) is 35.4 Å². The van der Waals surface area contributed by atoms with Crippen LogP contribution in [0.3, 0.4) is 0 Å². The Labute approximate surface area is 193 Å². The highest BCUT2D eigenvalue weighted by atomic mass is 32.1. The molecule has 0 unspecified atom stereocenters. The zero-order valence-corrected chi connectivity index (χ0v) is 19.3. The van der Waals surface area contributed by atoms with Gasteiger partial charge in [-0.15, -0.1) is 45.3 Å². The molecule has 154 valence electrons. The number of thiophene rings is 2. The first-order chi connectivity index (χ1) is 15.2. The van der Waals surface area contributed by atoms with Crippen molar-refractivity contribution in [2.75, 3.05) is 0 Å². The smallest absolute Gasteiger partial charge is 0.258 e. The SMILES string of the molecule is CC1=C(c2cnc(-c3cccs3)s2)NC(=O)/C1=C(/NC=O)c1cnc(-c2cccs2)s1. The minimum Gasteiger partial charge on any atom is -0.327 e. The molecule has 0 spiro atoms. The molecule has 0 bridgehead atoms. The number of thiazole rings is 2. The molecule has 0 radical (unpaired) electrons. The molecule has 6 nitrogen and oxygen atoms in total. The van der Waals surface area contributed by atoms with Gasteiger partial charge in [0.05, 0.1) is 36.5 Å². The first-order valence-electron chi connectivity index (χ1n) is 9.13. The van der Waals surface area contributed by atoms with Crippen LogP contribution >= 0.6 is 45.3 Å². The number of nitrogens with zero attached hydrogens (tertiary/aromatic N) is 2. The molecule has 4 aromatic heterocycles. The molecule has 0 aromatic carbocycles. The number of aromatic nitrogens is 2. The highest BCUT2D eigenvalue weighted by molar-refractivity contribution is 7.22. The summed E-state index contributed by atoms with van der Waals surface area (Å²) < 4.78 is 0. The van der Waals surface area contributed by atoms with Gasteiger partial charge in [-0.25, -0.2) is 9.97 Å². The topological polar surface area (TPSA) is 84.0 Å². The van der Waals surface area contributed by atoms with E-state index in [-0.39, 0.29) is 5.91 Å². The maximum absolute atomic E-state index is 12.9. The molecule has 0 saturated heterocycles. The average molecular weight is 483 g/mol. The third kappa shape index (κ3) is 3.68. The van der Waals surface area contributed by atoms with Crippen molar-refractivity contribution >= 4 is 69.1 Å². The standard InChI is InChI=1S/C21H14N4O2S4/c1-11-16(18(24-10-26)15-9-23-21(31-15)13-5-3-7-29-13)19(27)25-17(11)14-8-22-20(30-14)12-4-2-6-28-12/h2-10H,1H3,(H,24,26)(H,25,27)/b18-16+. The molecular formula is C21H14N4O2S4. The largest absolute Gasteiger partial charge is 0.327 e. The second-order valence-electron chi connectivity index (χ2n) is 6.48. The van der Waals surface area contributed by atoms with Crippen molar-refractivity contribution in [1.29, 1.82) is 0 Å². The summed E-state index contributed by atoms with van der Waals surface area (Å²) in [6.07, 6.45) is 4.06. The highest BCUT2D eigenvalue weighted by Crippen LogP contribution is 2.39. The second kappa shape index (κ2) is 8.31. The monoisotopic (exact) mass is 482 g/mol. The van der Waals surface area contributed by atoms with Gasteiger partial charge in [0.2, 0.25) is 6.41 Å². The molecule has 1 aliphatic rings. The number of hydrogen-bond donors (Lipinski definition) is 2. The molecule has 31 heavy (non-hydrogen) atoms. The van der Waals surface area contributed by atoms with E-state index in [1.165, 1.54) is 22.7 Å². The van der Waals surface area contributed by atoms with E-state index in [0.717, 1.165) is 35.1 Å². The van der Waals surface area contributed by atoms with E-state index in [2.05, 4.69) is 20.6 Å². The molecule has 4 aromatic rings. The van der Waals surface area contributed by atoms with E-state index in [4.69, 9.17) is 0 Å². The lowest BCUT2D eigenvalue weighted by Crippen LogP contribution is -2.20. The fourth-order valence-electron chi connectivity index (χ4n) is 3.25. The van der Waals surface area contributed by atoms with E-state index >= 15 is 0 Å². The van der Waals surface area contributed by atoms with Gasteiger partial charge in [0, 0.05) is 12.4 Å². The molecule has 5 rings (SSSR count). The van der Waals surface area contributed by atoms with Crippen molar-refractivity contribution in [3.8, 4) is 19.8 Å². The van der Waals surface area contributed by atoms with Crippen molar-refractivity contribution in [1.82, 2.24) is 20.6 Å². The summed E-state index contributed by atoms with van der Waals surface area (Å²) in [7, 11) is 0. The highest BCUT2D eigenvalue weighted by Gasteiger charge is 2.30. The summed E-state index contributed by atoms with van der Waals surface area (Å²) in [5.41, 5.74) is 2.38.